The first-order valence-corrected chi connectivity index (χ1v) is 7.51. The standard InChI is InChI=1S/C17H23N3O3/c1-13(15-7-6-14(22-2)12-16(15)23-3)19-17(21)18-8-11-20-9-4-5-10-20/h4-7,9-10,12-13H,8,11H2,1-3H3,(H2,18,19,21). The summed E-state index contributed by atoms with van der Waals surface area (Å²) in [7, 11) is 3.20. The van der Waals surface area contributed by atoms with Crippen LogP contribution in [0, 0.1) is 0 Å². The van der Waals surface area contributed by atoms with Crippen LogP contribution in [0.5, 0.6) is 11.5 Å². The lowest BCUT2D eigenvalue weighted by Crippen LogP contribution is -2.38. The molecule has 2 rings (SSSR count). The Bertz CT molecular complexity index is 626. The van der Waals surface area contributed by atoms with Gasteiger partial charge in [0, 0.05) is 37.1 Å². The number of methoxy groups -OCH3 is 2. The van der Waals surface area contributed by atoms with Gasteiger partial charge in [-0.1, -0.05) is 0 Å². The molecule has 0 saturated heterocycles. The van der Waals surface area contributed by atoms with Crippen molar-refractivity contribution in [3.8, 4) is 11.5 Å². The number of nitrogens with one attached hydrogen (secondary N) is 2. The molecule has 1 aromatic heterocycles. The first-order chi connectivity index (χ1) is 11.1. The molecule has 0 saturated carbocycles. The van der Waals surface area contributed by atoms with E-state index in [1.807, 2.05) is 48.1 Å². The van der Waals surface area contributed by atoms with Gasteiger partial charge in [0.15, 0.2) is 0 Å². The number of rotatable bonds is 7. The first-order valence-electron chi connectivity index (χ1n) is 7.51. The van der Waals surface area contributed by atoms with Gasteiger partial charge in [0.25, 0.3) is 0 Å². The molecule has 2 N–H and O–H groups in total. The van der Waals surface area contributed by atoms with Crippen LogP contribution >= 0.6 is 0 Å². The summed E-state index contributed by atoms with van der Waals surface area (Å²) in [5.74, 6) is 1.40. The highest BCUT2D eigenvalue weighted by atomic mass is 16.5. The van der Waals surface area contributed by atoms with E-state index < -0.39 is 0 Å². The Morgan fingerprint density at radius 3 is 2.61 bits per heavy atom. The van der Waals surface area contributed by atoms with Gasteiger partial charge in [-0.25, -0.2) is 4.79 Å². The molecule has 124 valence electrons. The van der Waals surface area contributed by atoms with E-state index in [-0.39, 0.29) is 12.1 Å². The summed E-state index contributed by atoms with van der Waals surface area (Å²) >= 11 is 0. The Balaban J connectivity index is 1.87. The molecule has 0 radical (unpaired) electrons. The van der Waals surface area contributed by atoms with E-state index in [1.165, 1.54) is 0 Å². The average Bonchev–Trinajstić information content (AvgIpc) is 3.07. The van der Waals surface area contributed by atoms with Gasteiger partial charge in [-0.15, -0.1) is 0 Å². The number of hydrogen-bond acceptors (Lipinski definition) is 3. The number of benzene rings is 1. The number of amides is 2. The lowest BCUT2D eigenvalue weighted by atomic mass is 10.1. The topological polar surface area (TPSA) is 64.5 Å². The second-order valence-corrected chi connectivity index (χ2v) is 5.15. The minimum Gasteiger partial charge on any atom is -0.497 e. The van der Waals surface area contributed by atoms with Crippen LogP contribution in [0.25, 0.3) is 0 Å². The second kappa shape index (κ2) is 8.12. The van der Waals surface area contributed by atoms with Crippen LogP contribution in [0.2, 0.25) is 0 Å². The molecular weight excluding hydrogens is 294 g/mol. The molecule has 23 heavy (non-hydrogen) atoms. The molecule has 1 aromatic carbocycles. The number of hydrogen-bond donors (Lipinski definition) is 2. The zero-order valence-corrected chi connectivity index (χ0v) is 13.7. The molecule has 6 nitrogen and oxygen atoms in total. The van der Waals surface area contributed by atoms with Gasteiger partial charge in [0.1, 0.15) is 11.5 Å². The van der Waals surface area contributed by atoms with Crippen molar-refractivity contribution in [1.29, 1.82) is 0 Å². The first kappa shape index (κ1) is 16.7. The van der Waals surface area contributed by atoms with Crippen molar-refractivity contribution >= 4 is 6.03 Å². The van der Waals surface area contributed by atoms with Crippen LogP contribution in [0.4, 0.5) is 4.79 Å². The third kappa shape index (κ3) is 4.67. The highest BCUT2D eigenvalue weighted by Crippen LogP contribution is 2.29. The van der Waals surface area contributed by atoms with Gasteiger partial charge in [-0.05, 0) is 31.2 Å². The van der Waals surface area contributed by atoms with E-state index in [2.05, 4.69) is 10.6 Å². The van der Waals surface area contributed by atoms with E-state index in [0.29, 0.717) is 18.0 Å². The predicted molar refractivity (Wildman–Crippen MR) is 88.9 cm³/mol. The van der Waals surface area contributed by atoms with Crippen LogP contribution in [-0.2, 0) is 6.54 Å². The zero-order chi connectivity index (χ0) is 16.7. The van der Waals surface area contributed by atoms with Crippen molar-refractivity contribution in [3.05, 3.63) is 48.3 Å². The number of nitrogens with zero attached hydrogens (tertiary/aromatic N) is 1. The van der Waals surface area contributed by atoms with Gasteiger partial charge in [-0.3, -0.25) is 0 Å². The smallest absolute Gasteiger partial charge is 0.315 e. The maximum absolute atomic E-state index is 12.0. The Morgan fingerprint density at radius 2 is 1.96 bits per heavy atom. The van der Waals surface area contributed by atoms with Crippen LogP contribution in [0.15, 0.2) is 42.7 Å². The molecule has 2 amide bonds. The summed E-state index contributed by atoms with van der Waals surface area (Å²) in [6.45, 7) is 3.21. The summed E-state index contributed by atoms with van der Waals surface area (Å²) in [5, 5.41) is 5.75. The monoisotopic (exact) mass is 317 g/mol. The van der Waals surface area contributed by atoms with Crippen LogP contribution in [-0.4, -0.2) is 31.4 Å². The highest BCUT2D eigenvalue weighted by Gasteiger charge is 2.14. The van der Waals surface area contributed by atoms with Crippen LogP contribution in [0.1, 0.15) is 18.5 Å². The van der Waals surface area contributed by atoms with E-state index in [1.54, 1.807) is 20.3 Å². The maximum Gasteiger partial charge on any atom is 0.315 e. The van der Waals surface area contributed by atoms with Crippen molar-refractivity contribution in [2.45, 2.75) is 19.5 Å². The van der Waals surface area contributed by atoms with Crippen molar-refractivity contribution in [2.24, 2.45) is 0 Å². The molecule has 0 aliphatic heterocycles. The quantitative estimate of drug-likeness (QED) is 0.825. The van der Waals surface area contributed by atoms with Crippen LogP contribution < -0.4 is 20.1 Å². The molecule has 0 fully saturated rings. The minimum atomic E-state index is -0.206. The highest BCUT2D eigenvalue weighted by molar-refractivity contribution is 5.74. The molecule has 6 heteroatoms. The third-order valence-electron chi connectivity index (χ3n) is 3.58. The molecule has 1 atom stereocenters. The largest absolute Gasteiger partial charge is 0.497 e. The molecule has 2 aromatic rings. The van der Waals surface area contributed by atoms with Gasteiger partial charge >= 0.3 is 6.03 Å². The van der Waals surface area contributed by atoms with Gasteiger partial charge in [0.05, 0.1) is 20.3 Å². The molecule has 0 aliphatic rings. The summed E-state index contributed by atoms with van der Waals surface area (Å²) in [6.07, 6.45) is 3.93. The number of urea groups is 1. The fourth-order valence-electron chi connectivity index (χ4n) is 2.32. The number of carbonyl (C=O) groups excluding carboxylic acids is 1. The lowest BCUT2D eigenvalue weighted by Gasteiger charge is -2.18. The van der Waals surface area contributed by atoms with E-state index in [4.69, 9.17) is 9.47 Å². The van der Waals surface area contributed by atoms with Crippen molar-refractivity contribution in [3.63, 3.8) is 0 Å². The van der Waals surface area contributed by atoms with Crippen molar-refractivity contribution < 1.29 is 14.3 Å². The Kier molecular flexibility index (Phi) is 5.91. The summed E-state index contributed by atoms with van der Waals surface area (Å²) in [4.78, 5) is 12.0. The summed E-state index contributed by atoms with van der Waals surface area (Å²) in [6, 6.07) is 9.07. The van der Waals surface area contributed by atoms with Crippen molar-refractivity contribution in [2.75, 3.05) is 20.8 Å². The molecule has 1 unspecified atom stereocenters. The molecular formula is C17H23N3O3. The van der Waals surface area contributed by atoms with Gasteiger partial charge in [-0.2, -0.15) is 0 Å². The molecule has 0 spiro atoms. The molecule has 0 bridgehead atoms. The normalized spacial score (nSPS) is 11.6. The fraction of sp³-hybridized carbons (Fsp3) is 0.353. The summed E-state index contributed by atoms with van der Waals surface area (Å²) < 4.78 is 12.6. The zero-order valence-electron chi connectivity index (χ0n) is 13.7. The predicted octanol–water partition coefficient (Wildman–Crippen LogP) is 2.57. The lowest BCUT2D eigenvalue weighted by molar-refractivity contribution is 0.237. The summed E-state index contributed by atoms with van der Waals surface area (Å²) in [5.41, 5.74) is 0.897. The van der Waals surface area contributed by atoms with Crippen LogP contribution in [0.3, 0.4) is 0 Å². The molecule has 1 heterocycles. The fourth-order valence-corrected chi connectivity index (χ4v) is 2.32. The molecule has 0 aliphatic carbocycles. The van der Waals surface area contributed by atoms with Crippen molar-refractivity contribution in [1.82, 2.24) is 15.2 Å². The van der Waals surface area contributed by atoms with Gasteiger partial charge < -0.3 is 24.7 Å². The van der Waals surface area contributed by atoms with E-state index in [0.717, 1.165) is 12.1 Å². The SMILES string of the molecule is COc1ccc(C(C)NC(=O)NCCn2cccc2)c(OC)c1. The number of ether oxygens (including phenoxy) is 2. The Morgan fingerprint density at radius 1 is 1.22 bits per heavy atom. The minimum absolute atomic E-state index is 0.178. The average molecular weight is 317 g/mol. The number of aromatic nitrogens is 1. The Labute approximate surface area is 136 Å². The van der Waals surface area contributed by atoms with E-state index in [9.17, 15) is 4.79 Å². The van der Waals surface area contributed by atoms with Gasteiger partial charge in [0.2, 0.25) is 0 Å². The maximum atomic E-state index is 12.0. The Hall–Kier alpha value is -2.63. The number of carbonyl (C=O) groups is 1. The van der Waals surface area contributed by atoms with E-state index >= 15 is 0 Å². The third-order valence-corrected chi connectivity index (χ3v) is 3.58. The second-order valence-electron chi connectivity index (χ2n) is 5.15.